The molecular weight excluding hydrogens is 358 g/mol. The van der Waals surface area contributed by atoms with Crippen LogP contribution in [0.15, 0.2) is 59.2 Å². The third-order valence-corrected chi connectivity index (χ3v) is 4.37. The van der Waals surface area contributed by atoms with Crippen LogP contribution in [-0.2, 0) is 4.79 Å². The number of ketones is 1. The highest BCUT2D eigenvalue weighted by molar-refractivity contribution is 9.10. The zero-order valence-electron chi connectivity index (χ0n) is 12.1. The van der Waals surface area contributed by atoms with Gasteiger partial charge >= 0.3 is 0 Å². The first-order chi connectivity index (χ1) is 11.1. The molecule has 1 atom stereocenters. The van der Waals surface area contributed by atoms with Crippen LogP contribution in [0.2, 0.25) is 0 Å². The van der Waals surface area contributed by atoms with Gasteiger partial charge in [0.1, 0.15) is 0 Å². The average Bonchev–Trinajstić information content (AvgIpc) is 2.96. The summed E-state index contributed by atoms with van der Waals surface area (Å²) in [6, 6.07) is 14.3. The van der Waals surface area contributed by atoms with E-state index in [2.05, 4.69) is 20.9 Å². The van der Waals surface area contributed by atoms with Crippen LogP contribution in [0.25, 0.3) is 10.9 Å². The summed E-state index contributed by atoms with van der Waals surface area (Å²) in [5.74, 6) is -2.46. The number of fused-ring (bicyclic) bond motifs is 1. The molecule has 0 saturated heterocycles. The number of benzene rings is 2. The third kappa shape index (κ3) is 3.19. The van der Waals surface area contributed by atoms with E-state index in [4.69, 9.17) is 0 Å². The second kappa shape index (κ2) is 6.38. The number of hydrogen-bond donors (Lipinski definition) is 1. The molecule has 0 fully saturated rings. The summed E-state index contributed by atoms with van der Waals surface area (Å²) in [6.07, 6.45) is 1.51. The number of rotatable bonds is 5. The lowest BCUT2D eigenvalue weighted by molar-refractivity contribution is -0.307. The molecule has 0 amide bonds. The second-order valence-electron chi connectivity index (χ2n) is 5.30. The summed E-state index contributed by atoms with van der Waals surface area (Å²) in [5.41, 5.74) is 1.90. The Hall–Kier alpha value is -2.40. The molecule has 1 heterocycles. The van der Waals surface area contributed by atoms with Crippen molar-refractivity contribution in [1.29, 1.82) is 0 Å². The van der Waals surface area contributed by atoms with Crippen LogP contribution >= 0.6 is 15.9 Å². The van der Waals surface area contributed by atoms with Crippen LogP contribution in [0.5, 0.6) is 0 Å². The quantitative estimate of drug-likeness (QED) is 0.701. The van der Waals surface area contributed by atoms with Crippen LogP contribution in [0.1, 0.15) is 28.3 Å². The number of H-pyrrole nitrogens is 1. The predicted molar refractivity (Wildman–Crippen MR) is 89.1 cm³/mol. The van der Waals surface area contributed by atoms with E-state index in [1.165, 1.54) is 0 Å². The van der Waals surface area contributed by atoms with Crippen molar-refractivity contribution in [1.82, 2.24) is 4.98 Å². The Bertz CT molecular complexity index is 867. The number of Topliss-reactive ketones (excluding diaryl/α,β-unsaturated/α-hetero) is 1. The first kappa shape index (κ1) is 15.5. The molecule has 5 heteroatoms. The highest BCUT2D eigenvalue weighted by Gasteiger charge is 2.21. The van der Waals surface area contributed by atoms with Crippen LogP contribution in [0, 0.1) is 0 Å². The molecule has 4 nitrogen and oxygen atoms in total. The minimum Gasteiger partial charge on any atom is -0.549 e. The minimum atomic E-state index is -1.25. The minimum absolute atomic E-state index is 0.133. The number of aromatic nitrogens is 1. The molecule has 0 radical (unpaired) electrons. The first-order valence-electron chi connectivity index (χ1n) is 7.12. The number of carboxylic acids is 1. The maximum atomic E-state index is 12.4. The normalized spacial score (nSPS) is 12.2. The van der Waals surface area contributed by atoms with E-state index in [1.54, 1.807) is 30.5 Å². The van der Waals surface area contributed by atoms with Gasteiger partial charge < -0.3 is 14.9 Å². The molecule has 3 aromatic rings. The largest absolute Gasteiger partial charge is 0.549 e. The molecule has 1 N–H and O–H groups in total. The van der Waals surface area contributed by atoms with Crippen molar-refractivity contribution in [3.8, 4) is 0 Å². The summed E-state index contributed by atoms with van der Waals surface area (Å²) >= 11 is 3.31. The summed E-state index contributed by atoms with van der Waals surface area (Å²) in [7, 11) is 0. The van der Waals surface area contributed by atoms with Gasteiger partial charge in [-0.25, -0.2) is 0 Å². The van der Waals surface area contributed by atoms with Gasteiger partial charge in [-0.2, -0.15) is 0 Å². The van der Waals surface area contributed by atoms with Crippen LogP contribution < -0.4 is 5.11 Å². The van der Waals surface area contributed by atoms with Gasteiger partial charge in [-0.05, 0) is 23.8 Å². The van der Waals surface area contributed by atoms with E-state index < -0.39 is 11.9 Å². The van der Waals surface area contributed by atoms with E-state index in [0.29, 0.717) is 11.1 Å². The summed E-state index contributed by atoms with van der Waals surface area (Å²) in [4.78, 5) is 27.0. The fourth-order valence-corrected chi connectivity index (χ4v) is 2.91. The van der Waals surface area contributed by atoms with E-state index in [1.807, 2.05) is 24.3 Å². The monoisotopic (exact) mass is 370 g/mol. The van der Waals surface area contributed by atoms with E-state index in [9.17, 15) is 14.7 Å². The van der Waals surface area contributed by atoms with E-state index in [-0.39, 0.29) is 12.2 Å². The fraction of sp³-hybridized carbons (Fsp3) is 0.111. The molecule has 2 aromatic carbocycles. The summed E-state index contributed by atoms with van der Waals surface area (Å²) in [5, 5.41) is 12.4. The molecule has 0 saturated carbocycles. The molecular formula is C18H13BrNO3-. The molecule has 0 bridgehead atoms. The number of carboxylic acid groups (broad SMARTS) is 1. The van der Waals surface area contributed by atoms with Gasteiger partial charge in [0.2, 0.25) is 0 Å². The fourth-order valence-electron chi connectivity index (χ4n) is 2.64. The van der Waals surface area contributed by atoms with Crippen molar-refractivity contribution in [3.63, 3.8) is 0 Å². The standard InChI is InChI=1S/C18H14BrNO3/c19-12-7-5-11(6-8-12)17(21)9-14(18(22)23)15-10-20-16-4-2-1-3-13(15)16/h1-8,10,14,20H,9H2,(H,22,23)/p-1. The smallest absolute Gasteiger partial charge is 0.163 e. The van der Waals surface area contributed by atoms with Crippen LogP contribution in [0.3, 0.4) is 0 Å². The Labute approximate surface area is 141 Å². The zero-order chi connectivity index (χ0) is 16.4. The van der Waals surface area contributed by atoms with Crippen LogP contribution in [0.4, 0.5) is 0 Å². The Morgan fingerprint density at radius 1 is 1.09 bits per heavy atom. The lowest BCUT2D eigenvalue weighted by Gasteiger charge is -2.17. The number of aliphatic carboxylic acids is 1. The van der Waals surface area contributed by atoms with Gasteiger partial charge in [0.25, 0.3) is 0 Å². The Morgan fingerprint density at radius 3 is 2.48 bits per heavy atom. The number of hydrogen-bond acceptors (Lipinski definition) is 3. The Morgan fingerprint density at radius 2 is 1.78 bits per heavy atom. The van der Waals surface area contributed by atoms with Crippen molar-refractivity contribution in [2.75, 3.05) is 0 Å². The highest BCUT2D eigenvalue weighted by Crippen LogP contribution is 2.29. The van der Waals surface area contributed by atoms with Crippen molar-refractivity contribution >= 4 is 38.6 Å². The summed E-state index contributed by atoms with van der Waals surface area (Å²) in [6.45, 7) is 0. The number of carbonyl (C=O) groups is 2. The molecule has 1 unspecified atom stereocenters. The number of carbonyl (C=O) groups excluding carboxylic acids is 2. The average molecular weight is 371 g/mol. The molecule has 3 rings (SSSR count). The van der Waals surface area contributed by atoms with Crippen molar-refractivity contribution in [2.24, 2.45) is 0 Å². The first-order valence-corrected chi connectivity index (χ1v) is 7.91. The number of para-hydroxylation sites is 1. The molecule has 116 valence electrons. The van der Waals surface area contributed by atoms with E-state index in [0.717, 1.165) is 15.4 Å². The topological polar surface area (TPSA) is 73.0 Å². The van der Waals surface area contributed by atoms with Gasteiger partial charge in [0.05, 0.1) is 0 Å². The number of halogens is 1. The maximum Gasteiger partial charge on any atom is 0.163 e. The molecule has 0 aliphatic carbocycles. The van der Waals surface area contributed by atoms with Crippen molar-refractivity contribution < 1.29 is 14.7 Å². The van der Waals surface area contributed by atoms with Gasteiger partial charge in [-0.3, -0.25) is 4.79 Å². The SMILES string of the molecule is O=C(CC(C(=O)[O-])c1c[nH]c2ccccc12)c1ccc(Br)cc1. The van der Waals surface area contributed by atoms with Gasteiger partial charge in [-0.15, -0.1) is 0 Å². The van der Waals surface area contributed by atoms with E-state index >= 15 is 0 Å². The van der Waals surface area contributed by atoms with Crippen molar-refractivity contribution in [3.05, 3.63) is 70.3 Å². The maximum absolute atomic E-state index is 12.4. The zero-order valence-corrected chi connectivity index (χ0v) is 13.7. The molecule has 0 spiro atoms. The second-order valence-corrected chi connectivity index (χ2v) is 6.21. The van der Waals surface area contributed by atoms with Gasteiger partial charge in [-0.1, -0.05) is 46.3 Å². The van der Waals surface area contributed by atoms with Crippen LogP contribution in [-0.4, -0.2) is 16.7 Å². The van der Waals surface area contributed by atoms with Gasteiger partial charge in [0, 0.05) is 45.4 Å². The third-order valence-electron chi connectivity index (χ3n) is 3.84. The Balaban J connectivity index is 1.92. The van der Waals surface area contributed by atoms with Gasteiger partial charge in [0.15, 0.2) is 5.78 Å². The molecule has 0 aliphatic rings. The lowest BCUT2D eigenvalue weighted by Crippen LogP contribution is -2.31. The molecule has 0 aliphatic heterocycles. The number of nitrogens with one attached hydrogen (secondary N) is 1. The molecule has 1 aromatic heterocycles. The number of aromatic amines is 1. The van der Waals surface area contributed by atoms with Crippen molar-refractivity contribution in [2.45, 2.75) is 12.3 Å². The predicted octanol–water partition coefficient (Wildman–Crippen LogP) is 3.04. The highest BCUT2D eigenvalue weighted by atomic mass is 79.9. The summed E-state index contributed by atoms with van der Waals surface area (Å²) < 4.78 is 0.863. The lowest BCUT2D eigenvalue weighted by atomic mass is 9.91. The molecule has 23 heavy (non-hydrogen) atoms. The Kier molecular flexibility index (Phi) is 4.30.